The van der Waals surface area contributed by atoms with Crippen LogP contribution in [0.2, 0.25) is 0 Å². The van der Waals surface area contributed by atoms with Crippen molar-refractivity contribution in [1.82, 2.24) is 10.3 Å². The van der Waals surface area contributed by atoms with E-state index in [0.29, 0.717) is 5.39 Å². The zero-order chi connectivity index (χ0) is 14.8. The second-order valence-electron chi connectivity index (χ2n) is 4.66. The van der Waals surface area contributed by atoms with Gasteiger partial charge in [0.05, 0.1) is 5.75 Å². The highest BCUT2D eigenvalue weighted by molar-refractivity contribution is 7.89. The number of nitrogens with two attached hydrogens (primary N) is 1. The zero-order valence-electron chi connectivity index (χ0n) is 11.1. The summed E-state index contributed by atoms with van der Waals surface area (Å²) in [6, 6.07) is 7.20. The van der Waals surface area contributed by atoms with Crippen LogP contribution in [0.1, 0.15) is 18.5 Å². The molecule has 0 aliphatic carbocycles. The Labute approximate surface area is 117 Å². The smallest absolute Gasteiger partial charge is 0.255 e. The van der Waals surface area contributed by atoms with E-state index in [4.69, 9.17) is 5.14 Å². The van der Waals surface area contributed by atoms with Gasteiger partial charge >= 0.3 is 0 Å². The van der Waals surface area contributed by atoms with Crippen LogP contribution in [0.25, 0.3) is 10.8 Å². The Morgan fingerprint density at radius 1 is 1.30 bits per heavy atom. The van der Waals surface area contributed by atoms with Gasteiger partial charge in [-0.15, -0.1) is 0 Å². The quantitative estimate of drug-likeness (QED) is 0.745. The van der Waals surface area contributed by atoms with Gasteiger partial charge in [0.2, 0.25) is 10.0 Å². The Bertz CT molecular complexity index is 768. The fourth-order valence-corrected chi connectivity index (χ4v) is 2.52. The first kappa shape index (κ1) is 14.7. The summed E-state index contributed by atoms with van der Waals surface area (Å²) >= 11 is 0. The van der Waals surface area contributed by atoms with Crippen molar-refractivity contribution in [2.75, 3.05) is 12.3 Å². The van der Waals surface area contributed by atoms with Gasteiger partial charge in [-0.2, -0.15) is 0 Å². The van der Waals surface area contributed by atoms with E-state index in [1.165, 1.54) is 0 Å². The Morgan fingerprint density at radius 2 is 1.95 bits per heavy atom. The van der Waals surface area contributed by atoms with Gasteiger partial charge in [0.25, 0.3) is 5.56 Å². The van der Waals surface area contributed by atoms with Gasteiger partial charge in [-0.05, 0) is 23.9 Å². The predicted molar refractivity (Wildman–Crippen MR) is 79.0 cm³/mol. The number of primary sulfonamides is 1. The zero-order valence-corrected chi connectivity index (χ0v) is 11.9. The van der Waals surface area contributed by atoms with Crippen LogP contribution < -0.4 is 16.0 Å². The molecular formula is C13H17N3O3S. The first-order chi connectivity index (χ1) is 9.38. The van der Waals surface area contributed by atoms with Crippen molar-refractivity contribution in [1.29, 1.82) is 0 Å². The van der Waals surface area contributed by atoms with Crippen LogP contribution in [0.3, 0.4) is 0 Å². The molecule has 1 heterocycles. The molecule has 1 aromatic carbocycles. The summed E-state index contributed by atoms with van der Waals surface area (Å²) in [7, 11) is -3.47. The molecule has 0 aliphatic heterocycles. The third-order valence-corrected chi connectivity index (χ3v) is 3.92. The van der Waals surface area contributed by atoms with Gasteiger partial charge < -0.3 is 10.3 Å². The molecule has 6 nitrogen and oxygen atoms in total. The number of aromatic nitrogens is 1. The number of H-pyrrole nitrogens is 1. The van der Waals surface area contributed by atoms with Gasteiger partial charge in [-0.25, -0.2) is 13.6 Å². The van der Waals surface area contributed by atoms with Crippen LogP contribution in [0.15, 0.2) is 35.3 Å². The minimum Gasteiger partial charge on any atom is -0.328 e. The minimum absolute atomic E-state index is 0.0986. The molecule has 4 N–H and O–H groups in total. The van der Waals surface area contributed by atoms with E-state index in [1.54, 1.807) is 18.3 Å². The summed E-state index contributed by atoms with van der Waals surface area (Å²) in [5.41, 5.74) is 0.774. The lowest BCUT2D eigenvalue weighted by Crippen LogP contribution is -2.29. The fourth-order valence-electron chi connectivity index (χ4n) is 2.12. The molecule has 0 radical (unpaired) electrons. The minimum atomic E-state index is -3.47. The van der Waals surface area contributed by atoms with Crippen molar-refractivity contribution in [2.45, 2.75) is 13.0 Å². The van der Waals surface area contributed by atoms with Gasteiger partial charge in [0.15, 0.2) is 0 Å². The number of sulfonamides is 1. The number of benzene rings is 1. The van der Waals surface area contributed by atoms with Crippen molar-refractivity contribution in [3.63, 3.8) is 0 Å². The molecule has 1 unspecified atom stereocenters. The van der Waals surface area contributed by atoms with E-state index in [0.717, 1.165) is 10.9 Å². The van der Waals surface area contributed by atoms with E-state index in [2.05, 4.69) is 10.3 Å². The average molecular weight is 295 g/mol. The highest BCUT2D eigenvalue weighted by atomic mass is 32.2. The summed E-state index contributed by atoms with van der Waals surface area (Å²) in [5.74, 6) is -0.126. The number of rotatable bonds is 5. The molecule has 0 saturated heterocycles. The topological polar surface area (TPSA) is 105 Å². The monoisotopic (exact) mass is 295 g/mol. The molecule has 0 aliphatic rings. The molecule has 7 heteroatoms. The third kappa shape index (κ3) is 3.44. The van der Waals surface area contributed by atoms with Crippen molar-refractivity contribution >= 4 is 20.8 Å². The lowest BCUT2D eigenvalue weighted by Gasteiger charge is -2.15. The number of fused-ring (bicyclic) bond motifs is 1. The number of hydrogen-bond donors (Lipinski definition) is 3. The highest BCUT2D eigenvalue weighted by Crippen LogP contribution is 2.20. The molecular weight excluding hydrogens is 278 g/mol. The maximum atomic E-state index is 11.7. The molecule has 0 bridgehead atoms. The maximum absolute atomic E-state index is 11.7. The van der Waals surface area contributed by atoms with Crippen LogP contribution in [0.5, 0.6) is 0 Å². The first-order valence-corrected chi connectivity index (χ1v) is 7.94. The van der Waals surface area contributed by atoms with Crippen LogP contribution >= 0.6 is 0 Å². The van der Waals surface area contributed by atoms with Crippen LogP contribution in [0.4, 0.5) is 0 Å². The fraction of sp³-hybridized carbons (Fsp3) is 0.308. The van der Waals surface area contributed by atoms with E-state index in [9.17, 15) is 13.2 Å². The largest absolute Gasteiger partial charge is 0.328 e. The second-order valence-corrected chi connectivity index (χ2v) is 6.40. The predicted octanol–water partition coefficient (Wildman–Crippen LogP) is 0.467. The summed E-state index contributed by atoms with van der Waals surface area (Å²) < 4.78 is 21.8. The summed E-state index contributed by atoms with van der Waals surface area (Å²) in [5, 5.41) is 9.51. The maximum Gasteiger partial charge on any atom is 0.255 e. The summed E-state index contributed by atoms with van der Waals surface area (Å²) in [6.07, 6.45) is 1.65. The Hall–Kier alpha value is -1.70. The highest BCUT2D eigenvalue weighted by Gasteiger charge is 2.11. The molecule has 0 fully saturated rings. The van der Waals surface area contributed by atoms with E-state index in [-0.39, 0.29) is 23.9 Å². The third-order valence-electron chi connectivity index (χ3n) is 3.15. The Morgan fingerprint density at radius 3 is 2.60 bits per heavy atom. The van der Waals surface area contributed by atoms with Crippen LogP contribution in [0, 0.1) is 0 Å². The van der Waals surface area contributed by atoms with Gasteiger partial charge in [-0.1, -0.05) is 18.2 Å². The second kappa shape index (κ2) is 5.74. The lowest BCUT2D eigenvalue weighted by molar-refractivity contribution is 0.574. The number of aromatic amines is 1. The molecule has 2 rings (SSSR count). The van der Waals surface area contributed by atoms with Gasteiger partial charge in [0, 0.05) is 24.2 Å². The molecule has 1 atom stereocenters. The average Bonchev–Trinajstić information content (AvgIpc) is 2.38. The molecule has 20 heavy (non-hydrogen) atoms. The Kier molecular flexibility index (Phi) is 4.22. The SMILES string of the molecule is CC(NCCS(N)(=O)=O)c1c[nH]c(=O)c2ccccc12. The standard InChI is InChI=1S/C13H17N3O3S/c1-9(15-6-7-20(14,18)19)12-8-16-13(17)11-5-3-2-4-10(11)12/h2-5,8-9,15H,6-7H2,1H3,(H,16,17)(H2,14,18,19). The molecule has 1 aromatic heterocycles. The Balaban J connectivity index is 2.25. The van der Waals surface area contributed by atoms with E-state index in [1.807, 2.05) is 19.1 Å². The van der Waals surface area contributed by atoms with Gasteiger partial charge in [-0.3, -0.25) is 4.79 Å². The molecule has 0 amide bonds. The number of hydrogen-bond acceptors (Lipinski definition) is 4. The molecule has 108 valence electrons. The van der Waals surface area contributed by atoms with Crippen molar-refractivity contribution in [3.05, 3.63) is 46.4 Å². The van der Waals surface area contributed by atoms with Crippen LogP contribution in [-0.2, 0) is 10.0 Å². The van der Waals surface area contributed by atoms with Crippen molar-refractivity contribution in [3.8, 4) is 0 Å². The molecule has 0 saturated carbocycles. The number of pyridine rings is 1. The summed E-state index contributed by atoms with van der Waals surface area (Å²) in [4.78, 5) is 14.4. The first-order valence-electron chi connectivity index (χ1n) is 6.22. The van der Waals surface area contributed by atoms with Crippen molar-refractivity contribution < 1.29 is 8.42 Å². The molecule has 0 spiro atoms. The van der Waals surface area contributed by atoms with Gasteiger partial charge in [0.1, 0.15) is 0 Å². The van der Waals surface area contributed by atoms with E-state index >= 15 is 0 Å². The molecule has 2 aromatic rings. The summed E-state index contributed by atoms with van der Waals surface area (Å²) in [6.45, 7) is 2.16. The van der Waals surface area contributed by atoms with Crippen LogP contribution in [-0.4, -0.2) is 25.7 Å². The number of nitrogens with one attached hydrogen (secondary N) is 2. The van der Waals surface area contributed by atoms with E-state index < -0.39 is 10.0 Å². The normalized spacial score (nSPS) is 13.5. The lowest BCUT2D eigenvalue weighted by atomic mass is 10.0. The van der Waals surface area contributed by atoms with Crippen molar-refractivity contribution in [2.24, 2.45) is 5.14 Å².